The Kier molecular flexibility index (Phi) is 5.24. The lowest BCUT2D eigenvalue weighted by Gasteiger charge is -2.17. The van der Waals surface area contributed by atoms with E-state index in [0.717, 1.165) is 17.7 Å². The molecule has 1 saturated heterocycles. The van der Waals surface area contributed by atoms with Crippen LogP contribution < -0.4 is 15.0 Å². The number of carbonyl (C=O) groups excluding carboxylic acids is 2. The monoisotopic (exact) mass is 358 g/mol. The van der Waals surface area contributed by atoms with E-state index in [0.29, 0.717) is 29.4 Å². The van der Waals surface area contributed by atoms with Gasteiger partial charge in [0.1, 0.15) is 5.75 Å². The summed E-state index contributed by atoms with van der Waals surface area (Å²) in [7, 11) is 0. The zero-order valence-corrected chi connectivity index (χ0v) is 14.7. The maximum atomic E-state index is 12.1. The molecule has 2 aromatic carbocycles. The average molecular weight is 359 g/mol. The van der Waals surface area contributed by atoms with Crippen LogP contribution in [0.2, 0.25) is 5.02 Å². The van der Waals surface area contributed by atoms with Crippen LogP contribution in [0.25, 0.3) is 0 Å². The van der Waals surface area contributed by atoms with Gasteiger partial charge in [-0.25, -0.2) is 0 Å². The second-order valence-corrected chi connectivity index (χ2v) is 6.38. The largest absolute Gasteiger partial charge is 0.482 e. The van der Waals surface area contributed by atoms with Crippen molar-refractivity contribution in [1.29, 1.82) is 0 Å². The number of nitrogens with one attached hydrogen (secondary N) is 1. The number of nitrogens with zero attached hydrogens (tertiary/aromatic N) is 1. The molecule has 1 N–H and O–H groups in total. The zero-order chi connectivity index (χ0) is 17.8. The summed E-state index contributed by atoms with van der Waals surface area (Å²) in [6, 6.07) is 12.6. The highest BCUT2D eigenvalue weighted by atomic mass is 35.5. The van der Waals surface area contributed by atoms with E-state index in [-0.39, 0.29) is 18.4 Å². The Balaban J connectivity index is 1.61. The van der Waals surface area contributed by atoms with Crippen molar-refractivity contribution in [3.8, 4) is 5.75 Å². The molecule has 25 heavy (non-hydrogen) atoms. The molecule has 0 radical (unpaired) electrons. The molecular formula is C19H19ClN2O3. The minimum absolute atomic E-state index is 0.112. The van der Waals surface area contributed by atoms with E-state index in [1.54, 1.807) is 29.2 Å². The van der Waals surface area contributed by atoms with Crippen LogP contribution in [-0.2, 0) is 9.59 Å². The fraction of sp³-hybridized carbons (Fsp3) is 0.263. The summed E-state index contributed by atoms with van der Waals surface area (Å²) in [4.78, 5) is 25.7. The number of carbonyl (C=O) groups is 2. The quantitative estimate of drug-likeness (QED) is 0.884. The minimum atomic E-state index is -0.289. The van der Waals surface area contributed by atoms with Crippen molar-refractivity contribution in [3.63, 3.8) is 0 Å². The predicted molar refractivity (Wildman–Crippen MR) is 98.3 cm³/mol. The number of anilines is 2. The number of benzene rings is 2. The van der Waals surface area contributed by atoms with E-state index in [1.807, 2.05) is 25.1 Å². The summed E-state index contributed by atoms with van der Waals surface area (Å²) in [5, 5.41) is 3.25. The van der Waals surface area contributed by atoms with Gasteiger partial charge in [-0.15, -0.1) is 0 Å². The highest BCUT2D eigenvalue weighted by molar-refractivity contribution is 6.32. The molecule has 130 valence electrons. The molecule has 1 heterocycles. The maximum Gasteiger partial charge on any atom is 0.262 e. The second-order valence-electron chi connectivity index (χ2n) is 5.97. The average Bonchev–Trinajstić information content (AvgIpc) is 3.02. The summed E-state index contributed by atoms with van der Waals surface area (Å²) in [6.07, 6.45) is 1.43. The van der Waals surface area contributed by atoms with E-state index >= 15 is 0 Å². The van der Waals surface area contributed by atoms with Gasteiger partial charge in [0.25, 0.3) is 5.91 Å². The first-order chi connectivity index (χ1) is 12.0. The van der Waals surface area contributed by atoms with E-state index < -0.39 is 0 Å². The molecule has 5 nitrogen and oxygen atoms in total. The lowest BCUT2D eigenvalue weighted by Crippen LogP contribution is -2.24. The number of hydrogen-bond acceptors (Lipinski definition) is 3. The molecule has 2 aromatic rings. The minimum Gasteiger partial charge on any atom is -0.482 e. The number of amides is 2. The Morgan fingerprint density at radius 3 is 2.88 bits per heavy atom. The topological polar surface area (TPSA) is 58.6 Å². The maximum absolute atomic E-state index is 12.1. The first-order valence-corrected chi connectivity index (χ1v) is 8.50. The third-order valence-corrected chi connectivity index (χ3v) is 4.27. The normalized spacial score (nSPS) is 13.8. The Hall–Kier alpha value is -2.53. The van der Waals surface area contributed by atoms with Gasteiger partial charge in [-0.1, -0.05) is 23.7 Å². The summed E-state index contributed by atoms with van der Waals surface area (Å²) < 4.78 is 5.49. The molecular weight excluding hydrogens is 340 g/mol. The van der Waals surface area contributed by atoms with E-state index in [9.17, 15) is 9.59 Å². The third-order valence-electron chi connectivity index (χ3n) is 3.96. The number of halogens is 1. The number of hydrogen-bond donors (Lipinski definition) is 1. The van der Waals surface area contributed by atoms with Crippen molar-refractivity contribution < 1.29 is 14.3 Å². The molecule has 1 aliphatic rings. The van der Waals surface area contributed by atoms with Crippen LogP contribution in [-0.4, -0.2) is 25.0 Å². The number of aryl methyl sites for hydroxylation is 1. The fourth-order valence-electron chi connectivity index (χ4n) is 2.73. The van der Waals surface area contributed by atoms with Crippen molar-refractivity contribution in [2.75, 3.05) is 23.4 Å². The summed E-state index contributed by atoms with van der Waals surface area (Å²) >= 11 is 6.05. The van der Waals surface area contributed by atoms with Crippen LogP contribution in [0.3, 0.4) is 0 Å². The van der Waals surface area contributed by atoms with Crippen molar-refractivity contribution in [3.05, 3.63) is 53.1 Å². The van der Waals surface area contributed by atoms with E-state index in [4.69, 9.17) is 16.3 Å². The molecule has 2 amide bonds. The van der Waals surface area contributed by atoms with Crippen molar-refractivity contribution in [1.82, 2.24) is 0 Å². The summed E-state index contributed by atoms with van der Waals surface area (Å²) in [5.41, 5.74) is 2.42. The number of rotatable bonds is 5. The van der Waals surface area contributed by atoms with Gasteiger partial charge in [-0.3, -0.25) is 9.59 Å². The Morgan fingerprint density at radius 1 is 1.28 bits per heavy atom. The molecule has 0 saturated carbocycles. The van der Waals surface area contributed by atoms with Crippen LogP contribution in [0.15, 0.2) is 42.5 Å². The van der Waals surface area contributed by atoms with Gasteiger partial charge in [0.05, 0.1) is 5.02 Å². The molecule has 0 aliphatic carbocycles. The highest BCUT2D eigenvalue weighted by Gasteiger charge is 2.21. The lowest BCUT2D eigenvalue weighted by molar-refractivity contribution is -0.118. The van der Waals surface area contributed by atoms with Crippen LogP contribution in [0, 0.1) is 6.92 Å². The van der Waals surface area contributed by atoms with Gasteiger partial charge >= 0.3 is 0 Å². The molecule has 0 unspecified atom stereocenters. The van der Waals surface area contributed by atoms with E-state index in [1.165, 1.54) is 0 Å². The highest BCUT2D eigenvalue weighted by Crippen LogP contribution is 2.26. The lowest BCUT2D eigenvalue weighted by atomic mass is 10.2. The fourth-order valence-corrected chi connectivity index (χ4v) is 2.91. The van der Waals surface area contributed by atoms with Crippen molar-refractivity contribution in [2.24, 2.45) is 0 Å². The van der Waals surface area contributed by atoms with Crippen molar-refractivity contribution in [2.45, 2.75) is 19.8 Å². The third kappa shape index (κ3) is 4.31. The standard InChI is InChI=1S/C19H19ClN2O3/c1-13-7-8-16(20)17(10-13)25-12-18(23)21-14-4-2-5-15(11-14)22-9-3-6-19(22)24/h2,4-5,7-8,10-11H,3,6,9,12H2,1H3,(H,21,23). The Morgan fingerprint density at radius 2 is 2.12 bits per heavy atom. The van der Waals surface area contributed by atoms with Crippen LogP contribution >= 0.6 is 11.6 Å². The van der Waals surface area contributed by atoms with Gasteiger partial charge in [0, 0.05) is 24.3 Å². The molecule has 0 spiro atoms. The van der Waals surface area contributed by atoms with Crippen molar-refractivity contribution >= 4 is 34.8 Å². The van der Waals surface area contributed by atoms with Gasteiger partial charge < -0.3 is 15.0 Å². The zero-order valence-electron chi connectivity index (χ0n) is 13.9. The summed E-state index contributed by atoms with van der Waals surface area (Å²) in [6.45, 7) is 2.50. The van der Waals surface area contributed by atoms with E-state index in [2.05, 4.69) is 5.32 Å². The number of ether oxygens (including phenoxy) is 1. The van der Waals surface area contributed by atoms with Gasteiger partial charge in [-0.05, 0) is 49.2 Å². The SMILES string of the molecule is Cc1ccc(Cl)c(OCC(=O)Nc2cccc(N3CCCC3=O)c2)c1. The van der Waals surface area contributed by atoms with Crippen LogP contribution in [0.5, 0.6) is 5.75 Å². The first kappa shape index (κ1) is 17.3. The summed E-state index contributed by atoms with van der Waals surface area (Å²) in [5.74, 6) is 0.302. The first-order valence-electron chi connectivity index (χ1n) is 8.12. The molecule has 0 bridgehead atoms. The molecule has 0 aromatic heterocycles. The van der Waals surface area contributed by atoms with Crippen LogP contribution in [0.4, 0.5) is 11.4 Å². The van der Waals surface area contributed by atoms with Crippen LogP contribution in [0.1, 0.15) is 18.4 Å². The van der Waals surface area contributed by atoms with Gasteiger partial charge in [0.2, 0.25) is 5.91 Å². The molecule has 1 fully saturated rings. The molecule has 3 rings (SSSR count). The smallest absolute Gasteiger partial charge is 0.262 e. The Bertz CT molecular complexity index is 807. The molecule has 1 aliphatic heterocycles. The van der Waals surface area contributed by atoms with Gasteiger partial charge in [0.15, 0.2) is 6.61 Å². The molecule has 6 heteroatoms. The molecule has 0 atom stereocenters. The Labute approximate surface area is 151 Å². The second kappa shape index (κ2) is 7.57. The van der Waals surface area contributed by atoms with Gasteiger partial charge in [-0.2, -0.15) is 0 Å². The predicted octanol–water partition coefficient (Wildman–Crippen LogP) is 3.79.